The summed E-state index contributed by atoms with van der Waals surface area (Å²) in [6.45, 7) is 15.9. The number of ether oxygens (including phenoxy) is 4. The van der Waals surface area contributed by atoms with Crippen molar-refractivity contribution in [2.45, 2.75) is 72.0 Å². The lowest BCUT2D eigenvalue weighted by Gasteiger charge is -2.31. The Labute approximate surface area is 196 Å². The van der Waals surface area contributed by atoms with E-state index < -0.39 is 35.8 Å². The fraction of sp³-hybridized carbons (Fsp3) is 0.652. The van der Waals surface area contributed by atoms with E-state index in [0.29, 0.717) is 13.1 Å². The van der Waals surface area contributed by atoms with Crippen LogP contribution in [0.3, 0.4) is 0 Å². The van der Waals surface area contributed by atoms with Gasteiger partial charge in [0.2, 0.25) is 0 Å². The maximum absolute atomic E-state index is 11.9. The molecule has 0 saturated carbocycles. The average Bonchev–Trinajstić information content (AvgIpc) is 2.72. The van der Waals surface area contributed by atoms with Gasteiger partial charge in [0.25, 0.3) is 0 Å². The molecule has 1 atom stereocenters. The van der Waals surface area contributed by atoms with E-state index in [9.17, 15) is 19.2 Å². The number of carbonyl (C=O) groups excluding carboxylic acids is 4. The minimum atomic E-state index is -0.989. The fourth-order valence-electron chi connectivity index (χ4n) is 2.18. The van der Waals surface area contributed by atoms with Gasteiger partial charge in [0.1, 0.15) is 24.9 Å². The minimum Gasteiger partial charge on any atom is -0.459 e. The minimum absolute atomic E-state index is 0.0233. The second kappa shape index (κ2) is 15.7. The lowest BCUT2D eigenvalue weighted by atomic mass is 10.0. The molecule has 1 unspecified atom stereocenters. The molecule has 0 aliphatic carbocycles. The van der Waals surface area contributed by atoms with Crippen molar-refractivity contribution in [1.82, 2.24) is 10.6 Å². The van der Waals surface area contributed by atoms with E-state index in [0.717, 1.165) is 25.7 Å². The molecule has 0 aliphatic heterocycles. The summed E-state index contributed by atoms with van der Waals surface area (Å²) in [6, 6.07) is 0. The number of carbonyl (C=O) groups is 4. The molecule has 0 aromatic rings. The molecule has 10 heteroatoms. The Bertz CT molecular complexity index is 703. The van der Waals surface area contributed by atoms with Crippen molar-refractivity contribution < 1.29 is 38.1 Å². The molecule has 0 spiro atoms. The largest absolute Gasteiger partial charge is 0.459 e. The van der Waals surface area contributed by atoms with Gasteiger partial charge in [-0.05, 0) is 47.5 Å². The topological polar surface area (TPSA) is 129 Å². The third-order valence-electron chi connectivity index (χ3n) is 4.51. The van der Waals surface area contributed by atoms with Crippen LogP contribution >= 0.6 is 0 Å². The first kappa shape index (κ1) is 30.0. The maximum Gasteiger partial charge on any atom is 0.407 e. The predicted molar refractivity (Wildman–Crippen MR) is 123 cm³/mol. The van der Waals surface area contributed by atoms with Crippen LogP contribution in [0.15, 0.2) is 24.3 Å². The number of hydrogen-bond acceptors (Lipinski definition) is 8. The highest BCUT2D eigenvalue weighted by atomic mass is 16.6. The third kappa shape index (κ3) is 14.6. The van der Waals surface area contributed by atoms with Gasteiger partial charge in [-0.1, -0.05) is 26.0 Å². The maximum atomic E-state index is 11.9. The molecular weight excluding hydrogens is 432 g/mol. The van der Waals surface area contributed by atoms with E-state index >= 15 is 0 Å². The van der Waals surface area contributed by atoms with Crippen LogP contribution in [-0.4, -0.2) is 62.1 Å². The molecule has 2 N–H and O–H groups in total. The van der Waals surface area contributed by atoms with E-state index in [-0.39, 0.29) is 24.4 Å². The molecule has 0 aromatic carbocycles. The van der Waals surface area contributed by atoms with Crippen LogP contribution in [0, 0.1) is 0 Å². The van der Waals surface area contributed by atoms with Crippen LogP contribution in [0.25, 0.3) is 0 Å². The molecule has 188 valence electrons. The third-order valence-corrected chi connectivity index (χ3v) is 4.51. The second-order valence-corrected chi connectivity index (χ2v) is 8.14. The summed E-state index contributed by atoms with van der Waals surface area (Å²) in [7, 11) is 0. The summed E-state index contributed by atoms with van der Waals surface area (Å²) in [6.07, 6.45) is 1.40. The number of amides is 2. The summed E-state index contributed by atoms with van der Waals surface area (Å²) in [5.74, 6) is -1.06. The number of hydrogen-bond donors (Lipinski definition) is 2. The molecule has 10 nitrogen and oxygen atoms in total. The monoisotopic (exact) mass is 470 g/mol. The van der Waals surface area contributed by atoms with Crippen molar-refractivity contribution in [3.05, 3.63) is 24.3 Å². The lowest BCUT2D eigenvalue weighted by molar-refractivity contribution is -0.161. The molecule has 0 saturated heterocycles. The predicted octanol–water partition coefficient (Wildman–Crippen LogP) is 3.40. The summed E-state index contributed by atoms with van der Waals surface area (Å²) in [5, 5.41) is 5.27. The smallest absolute Gasteiger partial charge is 0.407 e. The Hall–Kier alpha value is -3.04. The summed E-state index contributed by atoms with van der Waals surface area (Å²) in [5.41, 5.74) is -0.434. The van der Waals surface area contributed by atoms with Gasteiger partial charge in [-0.3, -0.25) is 0 Å². The number of nitrogens with one attached hydrogen (secondary N) is 2. The second-order valence-electron chi connectivity index (χ2n) is 8.14. The van der Waals surface area contributed by atoms with Crippen LogP contribution in [-0.2, 0) is 28.5 Å². The molecule has 0 fully saturated rings. The zero-order valence-corrected chi connectivity index (χ0v) is 20.4. The standard InChI is InChI=1S/C23H38N2O8/c1-16(2)19(26)30-14-15-31-21(28)24-12-10-8-9-11-13-25-22(29)32-18(5)23(6,7)33-20(27)17(3)4/h18H,1,3,8-15H2,2,4-7H3,(H,24,28)(H,25,29). The first-order valence-electron chi connectivity index (χ1n) is 10.9. The van der Waals surface area contributed by atoms with E-state index in [1.54, 1.807) is 27.7 Å². The number of esters is 2. The molecule has 0 aromatic heterocycles. The summed E-state index contributed by atoms with van der Waals surface area (Å²) in [4.78, 5) is 46.3. The molecule has 0 aliphatic rings. The van der Waals surface area contributed by atoms with Gasteiger partial charge in [-0.25, -0.2) is 19.2 Å². The summed E-state index contributed by atoms with van der Waals surface area (Å²) < 4.78 is 20.3. The van der Waals surface area contributed by atoms with E-state index in [1.165, 1.54) is 6.92 Å². The van der Waals surface area contributed by atoms with Crippen LogP contribution in [0.2, 0.25) is 0 Å². The summed E-state index contributed by atoms with van der Waals surface area (Å²) >= 11 is 0. The first-order valence-corrected chi connectivity index (χ1v) is 10.9. The highest BCUT2D eigenvalue weighted by Gasteiger charge is 2.33. The van der Waals surface area contributed by atoms with Crippen LogP contribution < -0.4 is 10.6 Å². The zero-order chi connectivity index (χ0) is 25.4. The van der Waals surface area contributed by atoms with Crippen molar-refractivity contribution in [1.29, 1.82) is 0 Å². The van der Waals surface area contributed by atoms with Gasteiger partial charge in [-0.2, -0.15) is 0 Å². The lowest BCUT2D eigenvalue weighted by Crippen LogP contribution is -2.43. The molecule has 0 heterocycles. The van der Waals surface area contributed by atoms with Crippen molar-refractivity contribution in [2.24, 2.45) is 0 Å². The van der Waals surface area contributed by atoms with Gasteiger partial charge in [0.15, 0.2) is 0 Å². The highest BCUT2D eigenvalue weighted by molar-refractivity contribution is 5.87. The number of alkyl carbamates (subject to hydrolysis) is 2. The van der Waals surface area contributed by atoms with Crippen LogP contribution in [0.1, 0.15) is 60.3 Å². The van der Waals surface area contributed by atoms with Gasteiger partial charge in [0.05, 0.1) is 0 Å². The van der Waals surface area contributed by atoms with Crippen molar-refractivity contribution in [3.63, 3.8) is 0 Å². The van der Waals surface area contributed by atoms with Crippen molar-refractivity contribution in [2.75, 3.05) is 26.3 Å². The SMILES string of the molecule is C=C(C)C(=O)OCCOC(=O)NCCCCCCNC(=O)OC(C)C(C)(C)OC(=O)C(=C)C. The van der Waals surface area contributed by atoms with Crippen LogP contribution in [0.4, 0.5) is 9.59 Å². The molecule has 33 heavy (non-hydrogen) atoms. The molecule has 0 bridgehead atoms. The van der Waals surface area contributed by atoms with Crippen molar-refractivity contribution >= 4 is 24.1 Å². The molecule has 0 radical (unpaired) electrons. The fourth-order valence-corrected chi connectivity index (χ4v) is 2.18. The average molecular weight is 471 g/mol. The van der Waals surface area contributed by atoms with E-state index in [2.05, 4.69) is 23.8 Å². The van der Waals surface area contributed by atoms with Crippen molar-refractivity contribution in [3.8, 4) is 0 Å². The van der Waals surface area contributed by atoms with Gasteiger partial charge in [-0.15, -0.1) is 0 Å². The van der Waals surface area contributed by atoms with Gasteiger partial charge >= 0.3 is 24.1 Å². The Morgan fingerprint density at radius 3 is 1.79 bits per heavy atom. The number of unbranched alkanes of at least 4 members (excludes halogenated alkanes) is 3. The molecular formula is C23H38N2O8. The normalized spacial score (nSPS) is 11.5. The zero-order valence-electron chi connectivity index (χ0n) is 20.4. The number of rotatable bonds is 15. The van der Waals surface area contributed by atoms with Gasteiger partial charge in [0, 0.05) is 24.2 Å². The first-order chi connectivity index (χ1) is 15.4. The Morgan fingerprint density at radius 2 is 1.27 bits per heavy atom. The Balaban J connectivity index is 3.78. The molecule has 0 rings (SSSR count). The van der Waals surface area contributed by atoms with E-state index in [1.807, 2.05) is 0 Å². The van der Waals surface area contributed by atoms with E-state index in [4.69, 9.17) is 18.9 Å². The van der Waals surface area contributed by atoms with Gasteiger partial charge < -0.3 is 29.6 Å². The molecule has 2 amide bonds. The highest BCUT2D eigenvalue weighted by Crippen LogP contribution is 2.19. The Morgan fingerprint density at radius 1 is 0.788 bits per heavy atom. The Kier molecular flexibility index (Phi) is 14.3. The quantitative estimate of drug-likeness (QED) is 0.161. The van der Waals surface area contributed by atoms with Crippen LogP contribution in [0.5, 0.6) is 0 Å².